The van der Waals surface area contributed by atoms with Gasteiger partial charge in [0.1, 0.15) is 6.10 Å². The summed E-state index contributed by atoms with van der Waals surface area (Å²) in [6.07, 6.45) is 5.78. The summed E-state index contributed by atoms with van der Waals surface area (Å²) in [5.41, 5.74) is 0. The van der Waals surface area contributed by atoms with Gasteiger partial charge in [0.25, 0.3) is 0 Å². The maximum absolute atomic E-state index is 9.63. The molecule has 0 aromatic carbocycles. The van der Waals surface area contributed by atoms with E-state index in [9.17, 15) is 9.70 Å². The van der Waals surface area contributed by atoms with Gasteiger partial charge in [0.2, 0.25) is 0 Å². The lowest BCUT2D eigenvalue weighted by Gasteiger charge is -2.05. The average molecular weight is 265 g/mol. The fourth-order valence-electron chi connectivity index (χ4n) is 0.985. The molecule has 0 rings (SSSR count). The van der Waals surface area contributed by atoms with Crippen LogP contribution >= 0.6 is 12.6 Å². The number of carboxylic acids is 1. The Kier molecular flexibility index (Phi) is 14.5. The van der Waals surface area contributed by atoms with Crippen LogP contribution in [-0.2, 0) is 9.63 Å². The van der Waals surface area contributed by atoms with Crippen LogP contribution in [0.1, 0.15) is 52.9 Å². The average Bonchev–Trinajstić information content (AvgIpc) is 2.25. The van der Waals surface area contributed by atoms with Crippen molar-refractivity contribution in [2.45, 2.75) is 64.2 Å². The number of nitrogens with zero attached hydrogens (tertiary/aromatic N) is 1. The molecule has 0 spiro atoms. The van der Waals surface area contributed by atoms with Gasteiger partial charge in [0, 0.05) is 0 Å². The molecule has 0 aliphatic rings. The highest BCUT2D eigenvalue weighted by Gasteiger charge is 2.01. The Labute approximate surface area is 108 Å². The monoisotopic (exact) mass is 265 g/mol. The first-order chi connectivity index (χ1) is 7.95. The summed E-state index contributed by atoms with van der Waals surface area (Å²) >= 11 is 3.59. The Bertz CT molecular complexity index is 200. The molecule has 2 unspecified atom stereocenters. The molecule has 0 aromatic rings. The lowest BCUT2D eigenvalue weighted by Crippen LogP contribution is -2.06. The lowest BCUT2D eigenvalue weighted by atomic mass is 10.1. The number of carbonyl (C=O) groups is 1. The number of hydrogen-bond acceptors (Lipinski definition) is 5. The van der Waals surface area contributed by atoms with Gasteiger partial charge < -0.3 is 9.94 Å². The fourth-order valence-corrected chi connectivity index (χ4v) is 0.985. The summed E-state index contributed by atoms with van der Waals surface area (Å²) in [6, 6.07) is 0. The zero-order valence-corrected chi connectivity index (χ0v) is 11.7. The minimum atomic E-state index is -0.877. The molecule has 6 heteroatoms. The summed E-state index contributed by atoms with van der Waals surface area (Å²) in [5.74, 6) is -0.877. The molecular weight excluding hydrogens is 242 g/mol. The summed E-state index contributed by atoms with van der Waals surface area (Å²) in [6.45, 7) is 5.55. The van der Waals surface area contributed by atoms with Gasteiger partial charge in [-0.05, 0) is 26.7 Å². The second kappa shape index (κ2) is 13.3. The molecule has 0 saturated carbocycles. The maximum atomic E-state index is 9.63. The topological polar surface area (TPSA) is 76.0 Å². The van der Waals surface area contributed by atoms with Crippen LogP contribution in [0.5, 0.6) is 0 Å². The minimum Gasteiger partial charge on any atom is -0.480 e. The summed E-state index contributed by atoms with van der Waals surface area (Å²) in [4.78, 5) is 23.7. The third-order valence-electron chi connectivity index (χ3n) is 2.04. The van der Waals surface area contributed by atoms with Crippen molar-refractivity contribution in [2.75, 3.05) is 0 Å². The molecule has 0 heterocycles. The molecule has 5 nitrogen and oxygen atoms in total. The van der Waals surface area contributed by atoms with Gasteiger partial charge >= 0.3 is 5.97 Å². The van der Waals surface area contributed by atoms with Crippen LogP contribution in [0.2, 0.25) is 0 Å². The largest absolute Gasteiger partial charge is 0.480 e. The van der Waals surface area contributed by atoms with E-state index in [-0.39, 0.29) is 6.10 Å². The van der Waals surface area contributed by atoms with Crippen molar-refractivity contribution >= 4 is 18.6 Å². The number of hydrogen-bond donors (Lipinski definition) is 2. The van der Waals surface area contributed by atoms with E-state index in [4.69, 9.17) is 5.11 Å². The molecule has 0 amide bonds. The molecule has 0 radical (unpaired) electrons. The van der Waals surface area contributed by atoms with E-state index in [0.717, 1.165) is 12.8 Å². The van der Waals surface area contributed by atoms with Crippen molar-refractivity contribution < 1.29 is 14.7 Å². The molecule has 0 bridgehead atoms. The Morgan fingerprint density at radius 3 is 2.24 bits per heavy atom. The first kappa shape index (κ1) is 18.6. The van der Waals surface area contributed by atoms with E-state index in [0.29, 0.717) is 0 Å². The van der Waals surface area contributed by atoms with Crippen molar-refractivity contribution in [1.29, 1.82) is 0 Å². The highest BCUT2D eigenvalue weighted by Crippen LogP contribution is 2.07. The van der Waals surface area contributed by atoms with Crippen LogP contribution in [0, 0.1) is 4.91 Å². The fraction of sp³-hybridized carbons (Fsp3) is 0.909. The molecule has 17 heavy (non-hydrogen) atoms. The SMILES string of the molecule is CC(S)C(=O)O.CCCCCCC(C)ON=O. The van der Waals surface area contributed by atoms with Gasteiger partial charge in [-0.15, -0.1) is 4.91 Å². The zero-order chi connectivity index (χ0) is 13.7. The first-order valence-electron chi connectivity index (χ1n) is 5.85. The molecule has 0 aliphatic heterocycles. The van der Waals surface area contributed by atoms with Gasteiger partial charge in [0.05, 0.1) is 5.25 Å². The quantitative estimate of drug-likeness (QED) is 0.305. The predicted octanol–water partition coefficient (Wildman–Crippen LogP) is 3.43. The first-order valence-corrected chi connectivity index (χ1v) is 6.36. The lowest BCUT2D eigenvalue weighted by molar-refractivity contribution is -0.136. The van der Waals surface area contributed by atoms with Crippen LogP contribution in [0.3, 0.4) is 0 Å². The van der Waals surface area contributed by atoms with Crippen LogP contribution in [0.4, 0.5) is 0 Å². The molecule has 2 atom stereocenters. The van der Waals surface area contributed by atoms with Gasteiger partial charge in [0.15, 0.2) is 5.34 Å². The van der Waals surface area contributed by atoms with E-state index < -0.39 is 11.2 Å². The molecular formula is C11H23NO4S. The normalized spacial score (nSPS) is 12.9. The highest BCUT2D eigenvalue weighted by molar-refractivity contribution is 7.81. The van der Waals surface area contributed by atoms with Crippen molar-refractivity contribution in [3.8, 4) is 0 Å². The van der Waals surface area contributed by atoms with Crippen LogP contribution in [-0.4, -0.2) is 22.4 Å². The van der Waals surface area contributed by atoms with E-state index in [2.05, 4.69) is 29.7 Å². The Hall–Kier alpha value is -0.780. The minimum absolute atomic E-state index is 0.00986. The second-order valence-electron chi connectivity index (χ2n) is 3.85. The van der Waals surface area contributed by atoms with Crippen molar-refractivity contribution in [1.82, 2.24) is 0 Å². The predicted molar refractivity (Wildman–Crippen MR) is 71.2 cm³/mol. The van der Waals surface area contributed by atoms with Crippen LogP contribution in [0.15, 0.2) is 5.34 Å². The third-order valence-corrected chi connectivity index (χ3v) is 2.27. The number of rotatable bonds is 8. The third kappa shape index (κ3) is 17.8. The van der Waals surface area contributed by atoms with Crippen molar-refractivity contribution in [2.24, 2.45) is 5.34 Å². The van der Waals surface area contributed by atoms with Crippen LogP contribution in [0.25, 0.3) is 0 Å². The van der Waals surface area contributed by atoms with E-state index in [1.54, 1.807) is 0 Å². The zero-order valence-electron chi connectivity index (χ0n) is 10.8. The van der Waals surface area contributed by atoms with Gasteiger partial charge in [-0.25, -0.2) is 0 Å². The van der Waals surface area contributed by atoms with E-state index in [1.165, 1.54) is 26.2 Å². The number of unbranched alkanes of at least 4 members (excludes halogenated alkanes) is 3. The van der Waals surface area contributed by atoms with Gasteiger partial charge in [-0.2, -0.15) is 12.6 Å². The van der Waals surface area contributed by atoms with Crippen molar-refractivity contribution in [3.63, 3.8) is 0 Å². The van der Waals surface area contributed by atoms with E-state index in [1.807, 2.05) is 6.92 Å². The standard InChI is InChI=1S/C8H17NO2.C3H6O2S/c1-3-4-5-6-7-8(2)11-9-10;1-2(6)3(4)5/h8H,3-7H2,1-2H3;2,6H,1H3,(H,4,5). The number of carboxylic acid groups (broad SMARTS) is 1. The summed E-state index contributed by atoms with van der Waals surface area (Å²) < 4.78 is 0. The Balaban J connectivity index is 0. The van der Waals surface area contributed by atoms with Gasteiger partial charge in [-0.3, -0.25) is 4.79 Å². The summed E-state index contributed by atoms with van der Waals surface area (Å²) in [5, 5.41) is 9.76. The molecule has 1 N–H and O–H groups in total. The molecule has 0 aromatic heterocycles. The van der Waals surface area contributed by atoms with E-state index >= 15 is 0 Å². The number of thiol groups is 1. The second-order valence-corrected chi connectivity index (χ2v) is 4.63. The summed E-state index contributed by atoms with van der Waals surface area (Å²) in [7, 11) is 0. The Morgan fingerprint density at radius 1 is 1.35 bits per heavy atom. The molecule has 0 aliphatic carbocycles. The van der Waals surface area contributed by atoms with Gasteiger partial charge in [-0.1, -0.05) is 26.2 Å². The molecule has 0 saturated heterocycles. The van der Waals surface area contributed by atoms with Crippen molar-refractivity contribution in [3.05, 3.63) is 4.91 Å². The molecule has 0 fully saturated rings. The maximum Gasteiger partial charge on any atom is 0.316 e. The highest BCUT2D eigenvalue weighted by atomic mass is 32.1. The van der Waals surface area contributed by atoms with Crippen LogP contribution < -0.4 is 0 Å². The Morgan fingerprint density at radius 2 is 1.88 bits per heavy atom. The smallest absolute Gasteiger partial charge is 0.316 e. The molecule has 102 valence electrons. The number of aliphatic carboxylic acids is 1.